The van der Waals surface area contributed by atoms with Crippen molar-refractivity contribution in [2.75, 3.05) is 23.4 Å². The Hall–Kier alpha value is -2.48. The lowest BCUT2D eigenvalue weighted by Crippen LogP contribution is -2.42. The zero-order valence-corrected chi connectivity index (χ0v) is 17.7. The minimum absolute atomic E-state index is 0.0258. The number of hydrogen-bond acceptors (Lipinski definition) is 6. The van der Waals surface area contributed by atoms with Gasteiger partial charge >= 0.3 is 0 Å². The number of aryl methyl sites for hydroxylation is 1. The van der Waals surface area contributed by atoms with Gasteiger partial charge in [-0.05, 0) is 62.8 Å². The van der Waals surface area contributed by atoms with E-state index >= 15 is 0 Å². The molecule has 1 aliphatic heterocycles. The Morgan fingerprint density at radius 3 is 2.79 bits per heavy atom. The highest BCUT2D eigenvalue weighted by molar-refractivity contribution is 7.08. The largest absolute Gasteiger partial charge is 0.490 e. The Labute approximate surface area is 169 Å². The first-order chi connectivity index (χ1) is 13.2. The molecular weight excluding hydrogens is 376 g/mol. The molecule has 2 aromatic rings. The fraction of sp³-hybridized carbons (Fsp3) is 0.500. The molecule has 1 aromatic carbocycles. The van der Waals surface area contributed by atoms with Crippen molar-refractivity contribution < 1.29 is 14.3 Å². The number of carbonyl (C=O) groups is 2. The van der Waals surface area contributed by atoms with Crippen LogP contribution in [0.1, 0.15) is 49.5 Å². The maximum absolute atomic E-state index is 13.2. The molecule has 0 atom stereocenters. The lowest BCUT2D eigenvalue weighted by molar-refractivity contribution is -0.127. The van der Waals surface area contributed by atoms with Crippen LogP contribution in [0.15, 0.2) is 18.2 Å². The van der Waals surface area contributed by atoms with E-state index in [0.29, 0.717) is 46.8 Å². The van der Waals surface area contributed by atoms with Gasteiger partial charge in [0.1, 0.15) is 17.2 Å². The first-order valence-electron chi connectivity index (χ1n) is 9.38. The SMILES string of the molecule is Cc1nnsc1C(=O)Nc1ccc2c(c1)N(CCC(C)C)C(=O)C(C)(C)CO2. The zero-order chi connectivity index (χ0) is 20.5. The van der Waals surface area contributed by atoms with E-state index in [0.717, 1.165) is 18.0 Å². The van der Waals surface area contributed by atoms with E-state index in [1.165, 1.54) is 0 Å². The molecule has 28 heavy (non-hydrogen) atoms. The van der Waals surface area contributed by atoms with Gasteiger partial charge in [-0.1, -0.05) is 18.3 Å². The van der Waals surface area contributed by atoms with E-state index in [4.69, 9.17) is 4.74 Å². The van der Waals surface area contributed by atoms with Crippen molar-refractivity contribution in [2.24, 2.45) is 11.3 Å². The molecule has 0 saturated heterocycles. The van der Waals surface area contributed by atoms with Gasteiger partial charge in [0.2, 0.25) is 5.91 Å². The number of rotatable bonds is 5. The molecule has 0 saturated carbocycles. The van der Waals surface area contributed by atoms with Crippen molar-refractivity contribution in [3.8, 4) is 5.75 Å². The number of amides is 2. The molecule has 3 rings (SSSR count). The van der Waals surface area contributed by atoms with Gasteiger partial charge in [-0.2, -0.15) is 0 Å². The highest BCUT2D eigenvalue weighted by atomic mass is 32.1. The topological polar surface area (TPSA) is 84.4 Å². The number of ether oxygens (including phenoxy) is 1. The maximum Gasteiger partial charge on any atom is 0.269 e. The van der Waals surface area contributed by atoms with Crippen molar-refractivity contribution >= 4 is 34.7 Å². The summed E-state index contributed by atoms with van der Waals surface area (Å²) in [5.74, 6) is 0.879. The number of nitrogens with one attached hydrogen (secondary N) is 1. The lowest BCUT2D eigenvalue weighted by atomic mass is 9.92. The summed E-state index contributed by atoms with van der Waals surface area (Å²) in [5, 5.41) is 6.75. The van der Waals surface area contributed by atoms with Crippen molar-refractivity contribution in [1.82, 2.24) is 9.59 Å². The molecule has 0 aliphatic carbocycles. The van der Waals surface area contributed by atoms with Crippen LogP contribution in [0.25, 0.3) is 0 Å². The summed E-state index contributed by atoms with van der Waals surface area (Å²) in [6, 6.07) is 5.39. The first kappa shape index (κ1) is 20.3. The highest BCUT2D eigenvalue weighted by Gasteiger charge is 2.37. The van der Waals surface area contributed by atoms with Gasteiger partial charge in [-0.15, -0.1) is 5.10 Å². The van der Waals surface area contributed by atoms with Gasteiger partial charge in [0.05, 0.1) is 16.8 Å². The van der Waals surface area contributed by atoms with E-state index < -0.39 is 5.41 Å². The number of fused-ring (bicyclic) bond motifs is 1. The summed E-state index contributed by atoms with van der Waals surface area (Å²) >= 11 is 1.06. The van der Waals surface area contributed by atoms with Crippen LogP contribution in [0.4, 0.5) is 11.4 Å². The highest BCUT2D eigenvalue weighted by Crippen LogP contribution is 2.38. The maximum atomic E-state index is 13.2. The zero-order valence-electron chi connectivity index (χ0n) is 16.9. The predicted molar refractivity (Wildman–Crippen MR) is 110 cm³/mol. The van der Waals surface area contributed by atoms with Gasteiger partial charge in [-0.25, -0.2) is 0 Å². The van der Waals surface area contributed by atoms with Crippen molar-refractivity contribution in [3.63, 3.8) is 0 Å². The van der Waals surface area contributed by atoms with Crippen LogP contribution < -0.4 is 15.0 Å². The normalized spacial score (nSPS) is 15.8. The van der Waals surface area contributed by atoms with E-state index in [1.54, 1.807) is 30.0 Å². The molecule has 1 N–H and O–H groups in total. The van der Waals surface area contributed by atoms with Crippen LogP contribution in [0.5, 0.6) is 5.75 Å². The number of benzene rings is 1. The van der Waals surface area contributed by atoms with Gasteiger partial charge < -0.3 is 15.0 Å². The average Bonchev–Trinajstić information content (AvgIpc) is 3.03. The standard InChI is InChI=1S/C20H26N4O3S/c1-12(2)8-9-24-15-10-14(21-18(25)17-13(3)22-23-28-17)6-7-16(15)27-11-20(4,5)19(24)26/h6-7,10,12H,8-9,11H2,1-5H3,(H,21,25). The summed E-state index contributed by atoms with van der Waals surface area (Å²) in [7, 11) is 0. The fourth-order valence-corrected chi connectivity index (χ4v) is 3.51. The molecule has 8 heteroatoms. The lowest BCUT2D eigenvalue weighted by Gasteiger charge is -2.28. The van der Waals surface area contributed by atoms with E-state index in [9.17, 15) is 9.59 Å². The molecule has 0 spiro atoms. The third kappa shape index (κ3) is 4.16. The molecule has 1 aliphatic rings. The molecule has 2 heterocycles. The summed E-state index contributed by atoms with van der Waals surface area (Å²) < 4.78 is 9.73. The van der Waals surface area contributed by atoms with Crippen molar-refractivity contribution in [3.05, 3.63) is 28.8 Å². The predicted octanol–water partition coefficient (Wildman–Crippen LogP) is 3.90. The Morgan fingerprint density at radius 2 is 2.14 bits per heavy atom. The second-order valence-corrected chi connectivity index (χ2v) is 8.89. The average molecular weight is 403 g/mol. The number of anilines is 2. The number of hydrogen-bond donors (Lipinski definition) is 1. The van der Waals surface area contributed by atoms with Gasteiger partial charge in [-0.3, -0.25) is 9.59 Å². The van der Waals surface area contributed by atoms with Crippen molar-refractivity contribution in [2.45, 2.75) is 41.0 Å². The quantitative estimate of drug-likeness (QED) is 0.820. The molecule has 0 radical (unpaired) electrons. The van der Waals surface area contributed by atoms with Gasteiger partial charge in [0.25, 0.3) is 5.91 Å². The minimum Gasteiger partial charge on any atom is -0.490 e. The first-order valence-corrected chi connectivity index (χ1v) is 10.2. The van der Waals surface area contributed by atoms with E-state index in [1.807, 2.05) is 13.8 Å². The number of carbonyl (C=O) groups excluding carboxylic acids is 2. The molecule has 0 bridgehead atoms. The number of nitrogens with zero attached hydrogens (tertiary/aromatic N) is 3. The van der Waals surface area contributed by atoms with Crippen LogP contribution in [0.3, 0.4) is 0 Å². The van der Waals surface area contributed by atoms with Crippen molar-refractivity contribution in [1.29, 1.82) is 0 Å². The van der Waals surface area contributed by atoms with Gasteiger partial charge in [0.15, 0.2) is 0 Å². The van der Waals surface area contributed by atoms with Gasteiger partial charge in [0, 0.05) is 12.2 Å². The molecule has 7 nitrogen and oxygen atoms in total. The Morgan fingerprint density at radius 1 is 1.39 bits per heavy atom. The van der Waals surface area contributed by atoms with Crippen LogP contribution >= 0.6 is 11.5 Å². The smallest absolute Gasteiger partial charge is 0.269 e. The second-order valence-electron chi connectivity index (χ2n) is 8.14. The van der Waals surface area contributed by atoms with E-state index in [2.05, 4.69) is 28.8 Å². The molecule has 0 unspecified atom stereocenters. The molecule has 1 aromatic heterocycles. The second kappa shape index (κ2) is 7.87. The molecular formula is C20H26N4O3S. The van der Waals surface area contributed by atoms with Crippen LogP contribution in [0.2, 0.25) is 0 Å². The summed E-state index contributed by atoms with van der Waals surface area (Å²) in [4.78, 5) is 27.9. The summed E-state index contributed by atoms with van der Waals surface area (Å²) in [5.41, 5.74) is 1.26. The monoisotopic (exact) mass is 402 g/mol. The Bertz CT molecular complexity index is 891. The van der Waals surface area contributed by atoms with Crippen LogP contribution in [-0.2, 0) is 4.79 Å². The Balaban J connectivity index is 1.92. The third-order valence-electron chi connectivity index (χ3n) is 4.71. The Kier molecular flexibility index (Phi) is 5.69. The van der Waals surface area contributed by atoms with Crippen LogP contribution in [-0.4, -0.2) is 34.6 Å². The minimum atomic E-state index is -0.620. The molecule has 0 fully saturated rings. The molecule has 2 amide bonds. The van der Waals surface area contributed by atoms with E-state index in [-0.39, 0.29) is 11.8 Å². The fourth-order valence-electron chi connectivity index (χ4n) is 2.96. The third-order valence-corrected chi connectivity index (χ3v) is 5.53. The molecule has 150 valence electrons. The summed E-state index contributed by atoms with van der Waals surface area (Å²) in [6.07, 6.45) is 0.879. The summed E-state index contributed by atoms with van der Waals surface area (Å²) in [6.45, 7) is 10.7. The number of aromatic nitrogens is 2. The van der Waals surface area contributed by atoms with Crippen LogP contribution in [0, 0.1) is 18.3 Å².